The topological polar surface area (TPSA) is 194 Å². The number of carbonyl (C=O) groups excluding carboxylic acids is 2. The van der Waals surface area contributed by atoms with Crippen molar-refractivity contribution in [2.45, 2.75) is 152 Å². The van der Waals surface area contributed by atoms with Gasteiger partial charge in [-0.05, 0) is 73.0 Å². The fraction of sp³-hybridized carbons (Fsp3) is 0.650. The molecule has 3 aliphatic heterocycles. The molecule has 12 unspecified atom stereocenters. The largest absolute Gasteiger partial charge is 0.507 e. The first-order valence-electron chi connectivity index (χ1n) is 19.1. The van der Waals surface area contributed by atoms with Crippen LogP contribution in [0.15, 0.2) is 18.2 Å². The number of ether oxygens (including phenoxy) is 6. The van der Waals surface area contributed by atoms with Gasteiger partial charge in [-0.3, -0.25) is 9.59 Å². The highest BCUT2D eigenvalue weighted by molar-refractivity contribution is 6.31. The highest BCUT2D eigenvalue weighted by Gasteiger charge is 2.51. The zero-order valence-corrected chi connectivity index (χ0v) is 31.7. The predicted octanol–water partition coefficient (Wildman–Crippen LogP) is 3.97. The van der Waals surface area contributed by atoms with Gasteiger partial charge in [0.15, 0.2) is 24.7 Å². The minimum absolute atomic E-state index is 0.0354. The zero-order chi connectivity index (χ0) is 38.8. The minimum Gasteiger partial charge on any atom is -0.507 e. The van der Waals surface area contributed by atoms with Crippen molar-refractivity contribution in [3.8, 4) is 17.2 Å². The molecule has 14 heteroatoms. The summed E-state index contributed by atoms with van der Waals surface area (Å²) in [7, 11) is 3.86. The van der Waals surface area contributed by atoms with Crippen LogP contribution >= 0.6 is 0 Å². The molecule has 3 heterocycles. The smallest absolute Gasteiger partial charge is 0.202 e. The Labute approximate surface area is 314 Å². The van der Waals surface area contributed by atoms with Gasteiger partial charge >= 0.3 is 0 Å². The molecule has 3 fully saturated rings. The average Bonchev–Trinajstić information content (AvgIpc) is 3.13. The number of aliphatic hydroxyl groups is 2. The van der Waals surface area contributed by atoms with Crippen LogP contribution in [0.1, 0.15) is 122 Å². The van der Waals surface area contributed by atoms with Crippen LogP contribution in [0.25, 0.3) is 0 Å². The summed E-state index contributed by atoms with van der Waals surface area (Å²) in [5, 5.41) is 55.9. The first kappa shape index (κ1) is 39.1. The number of hydrogen-bond donors (Lipinski definition) is 5. The number of carbonyl (C=O) groups is 2. The normalized spacial score (nSPS) is 36.8. The maximum atomic E-state index is 13.8. The third-order valence-corrected chi connectivity index (χ3v) is 12.1. The molecule has 5 N–H and O–H groups in total. The van der Waals surface area contributed by atoms with Crippen molar-refractivity contribution in [2.75, 3.05) is 14.1 Å². The Morgan fingerprint density at radius 3 is 2.17 bits per heavy atom. The number of benzene rings is 2. The molecule has 0 spiro atoms. The molecule has 54 heavy (non-hydrogen) atoms. The van der Waals surface area contributed by atoms with E-state index in [2.05, 4.69) is 0 Å². The summed E-state index contributed by atoms with van der Waals surface area (Å²) in [5.74, 6) is -2.95. The van der Waals surface area contributed by atoms with Crippen molar-refractivity contribution < 1.29 is 63.5 Å². The Kier molecular flexibility index (Phi) is 10.9. The molecule has 12 atom stereocenters. The van der Waals surface area contributed by atoms with Gasteiger partial charge in [0.05, 0.1) is 52.8 Å². The maximum Gasteiger partial charge on any atom is 0.202 e. The number of nitrogens with zero attached hydrogens (tertiary/aromatic N) is 1. The number of aliphatic hydroxyl groups excluding tert-OH is 1. The average molecular weight is 756 g/mol. The summed E-state index contributed by atoms with van der Waals surface area (Å²) < 4.78 is 38.0. The number of phenols is 3. The number of fused-ring (bicyclic) bond motifs is 3. The van der Waals surface area contributed by atoms with Crippen LogP contribution in [-0.4, -0.2) is 123 Å². The Balaban J connectivity index is 1.09. The van der Waals surface area contributed by atoms with Gasteiger partial charge in [0.25, 0.3) is 0 Å². The fourth-order valence-corrected chi connectivity index (χ4v) is 8.88. The van der Waals surface area contributed by atoms with Crippen LogP contribution in [0.4, 0.5) is 0 Å². The van der Waals surface area contributed by atoms with Crippen molar-refractivity contribution >= 4 is 11.6 Å². The standard InChI is InChI=1S/C40H53NO13/c1-7-40(48)16-15-22-31(37(47)33-32(35(22)45)36(46)30-21(34(33)44)9-8-10-25(30)43)39(40)54-29-17-23(41(5)6)38(20(4)51-29)53-28-14-12-26(19(3)50-28)52-27-13-11-24(42)18(2)49-27/h8-10,18-20,23-24,26-29,38-39,42-43,45,47-48H,7,11-17H2,1-6H3. The fourth-order valence-electron chi connectivity index (χ4n) is 8.88. The summed E-state index contributed by atoms with van der Waals surface area (Å²) in [6.45, 7) is 7.45. The second-order valence-electron chi connectivity index (χ2n) is 15.7. The number of likely N-dealkylation sites (N-methyl/N-ethyl adjacent to an activating group) is 1. The Morgan fingerprint density at radius 2 is 1.48 bits per heavy atom. The SMILES string of the molecule is CCC1(O)CCc2c(O)c3c(c(O)c2C1OC1CC(N(C)C)C(OC2CCC(OC4CCC(O)C(C)O4)C(C)O2)C(C)O1)C(=O)c1cccc(O)c1C3=O. The Bertz CT molecular complexity index is 1770. The van der Waals surface area contributed by atoms with E-state index in [1.807, 2.05) is 39.8 Å². The molecule has 2 aromatic rings. The maximum absolute atomic E-state index is 13.8. The minimum atomic E-state index is -1.51. The third kappa shape index (κ3) is 6.83. The van der Waals surface area contributed by atoms with E-state index in [4.69, 9.17) is 28.4 Å². The van der Waals surface area contributed by atoms with Gasteiger partial charge in [-0.1, -0.05) is 19.1 Å². The predicted molar refractivity (Wildman–Crippen MR) is 191 cm³/mol. The third-order valence-electron chi connectivity index (χ3n) is 12.1. The van der Waals surface area contributed by atoms with Gasteiger partial charge in [0.1, 0.15) is 29.5 Å². The van der Waals surface area contributed by atoms with Crippen molar-refractivity contribution in [3.63, 3.8) is 0 Å². The van der Waals surface area contributed by atoms with E-state index >= 15 is 0 Å². The molecule has 0 amide bonds. The molecule has 3 saturated heterocycles. The zero-order valence-electron chi connectivity index (χ0n) is 31.7. The quantitative estimate of drug-likeness (QED) is 0.207. The van der Waals surface area contributed by atoms with E-state index in [0.717, 1.165) is 0 Å². The molecule has 2 aromatic carbocycles. The number of ketones is 2. The lowest BCUT2D eigenvalue weighted by atomic mass is 9.71. The van der Waals surface area contributed by atoms with Gasteiger partial charge in [0.2, 0.25) is 5.78 Å². The van der Waals surface area contributed by atoms with E-state index in [-0.39, 0.29) is 71.4 Å². The number of rotatable bonds is 8. The van der Waals surface area contributed by atoms with E-state index in [1.54, 1.807) is 6.92 Å². The summed E-state index contributed by atoms with van der Waals surface area (Å²) in [4.78, 5) is 29.4. The lowest BCUT2D eigenvalue weighted by Crippen LogP contribution is -2.57. The number of hydrogen-bond acceptors (Lipinski definition) is 14. The van der Waals surface area contributed by atoms with Crippen LogP contribution in [0, 0.1) is 0 Å². The second kappa shape index (κ2) is 15.1. The first-order valence-corrected chi connectivity index (χ1v) is 19.1. The Morgan fingerprint density at radius 1 is 0.815 bits per heavy atom. The molecule has 296 valence electrons. The highest BCUT2D eigenvalue weighted by Crippen LogP contribution is 2.54. The summed E-state index contributed by atoms with van der Waals surface area (Å²) in [5.41, 5.74) is -2.39. The molecule has 0 aromatic heterocycles. The highest BCUT2D eigenvalue weighted by atomic mass is 16.7. The van der Waals surface area contributed by atoms with Crippen molar-refractivity contribution in [3.05, 3.63) is 51.6 Å². The summed E-state index contributed by atoms with van der Waals surface area (Å²) in [6, 6.07) is 3.87. The van der Waals surface area contributed by atoms with Gasteiger partial charge in [-0.2, -0.15) is 0 Å². The van der Waals surface area contributed by atoms with E-state index in [1.165, 1.54) is 18.2 Å². The van der Waals surface area contributed by atoms with Crippen molar-refractivity contribution in [2.24, 2.45) is 0 Å². The van der Waals surface area contributed by atoms with Crippen LogP contribution < -0.4 is 0 Å². The summed E-state index contributed by atoms with van der Waals surface area (Å²) >= 11 is 0. The van der Waals surface area contributed by atoms with E-state index in [0.29, 0.717) is 32.1 Å². The second-order valence-corrected chi connectivity index (χ2v) is 15.7. The van der Waals surface area contributed by atoms with Gasteiger partial charge in [-0.15, -0.1) is 0 Å². The molecule has 0 radical (unpaired) electrons. The van der Waals surface area contributed by atoms with Crippen molar-refractivity contribution in [1.29, 1.82) is 0 Å². The molecule has 0 bridgehead atoms. The molecule has 2 aliphatic carbocycles. The van der Waals surface area contributed by atoms with Crippen LogP contribution in [0.2, 0.25) is 0 Å². The van der Waals surface area contributed by atoms with Crippen LogP contribution in [0.5, 0.6) is 17.2 Å². The van der Waals surface area contributed by atoms with Crippen molar-refractivity contribution in [1.82, 2.24) is 4.90 Å². The molecular formula is C40H53NO13. The molecular weight excluding hydrogens is 702 g/mol. The van der Waals surface area contributed by atoms with E-state index < -0.39 is 83.3 Å². The van der Waals surface area contributed by atoms with Gasteiger partial charge in [-0.25, -0.2) is 0 Å². The van der Waals surface area contributed by atoms with Crippen LogP contribution in [0.3, 0.4) is 0 Å². The van der Waals surface area contributed by atoms with E-state index in [9.17, 15) is 35.1 Å². The number of aromatic hydroxyl groups is 3. The molecule has 7 rings (SSSR count). The first-order chi connectivity index (χ1) is 25.6. The Hall–Kier alpha value is -3.18. The van der Waals surface area contributed by atoms with Crippen LogP contribution in [-0.2, 0) is 34.8 Å². The number of phenolic OH excluding ortho intramolecular Hbond substituents is 3. The summed E-state index contributed by atoms with van der Waals surface area (Å²) in [6.07, 6.45) is -1.92. The monoisotopic (exact) mass is 755 g/mol. The lowest BCUT2D eigenvalue weighted by molar-refractivity contribution is -0.319. The molecule has 5 aliphatic rings. The molecule has 0 saturated carbocycles. The molecule has 14 nitrogen and oxygen atoms in total. The van der Waals surface area contributed by atoms with Gasteiger partial charge in [0, 0.05) is 42.0 Å². The lowest BCUT2D eigenvalue weighted by Gasteiger charge is -2.48. The van der Waals surface area contributed by atoms with Gasteiger partial charge < -0.3 is 58.9 Å².